The fourth-order valence-electron chi connectivity index (χ4n) is 2.18. The average molecular weight is 264 g/mol. The number of benzene rings is 1. The molecule has 1 aromatic carbocycles. The Morgan fingerprint density at radius 2 is 2.26 bits per heavy atom. The number of aliphatic hydroxyl groups is 1. The fraction of sp³-hybridized carbons (Fsp3) is 0.385. The van der Waals surface area contributed by atoms with Crippen LogP contribution in [0, 0.1) is 0 Å². The molecular weight excluding hydrogens is 248 g/mol. The normalized spacial score (nSPS) is 18.5. The molecule has 0 saturated heterocycles. The van der Waals surface area contributed by atoms with E-state index in [0.717, 1.165) is 11.1 Å². The lowest BCUT2D eigenvalue weighted by Gasteiger charge is -2.16. The lowest BCUT2D eigenvalue weighted by molar-refractivity contribution is -0.126. The van der Waals surface area contributed by atoms with Crippen LogP contribution in [0.1, 0.15) is 30.6 Å². The highest BCUT2D eigenvalue weighted by Crippen LogP contribution is 2.36. The van der Waals surface area contributed by atoms with Crippen molar-refractivity contribution in [1.29, 1.82) is 0 Å². The smallest absolute Gasteiger partial charge is 0.318 e. The van der Waals surface area contributed by atoms with Crippen molar-refractivity contribution in [3.05, 3.63) is 29.3 Å². The topological polar surface area (TPSA) is 102 Å². The number of nitrogens with one attached hydrogen (secondary N) is 1. The molecule has 0 radical (unpaired) electrons. The van der Waals surface area contributed by atoms with Crippen LogP contribution in [0.25, 0.3) is 0 Å². The molecule has 0 aliphatic heterocycles. The third kappa shape index (κ3) is 2.85. The van der Waals surface area contributed by atoms with E-state index < -0.39 is 24.1 Å². The molecule has 4 N–H and O–H groups in total. The molecule has 0 bridgehead atoms. The maximum atomic E-state index is 11.5. The van der Waals surface area contributed by atoms with Crippen LogP contribution in [0.5, 0.6) is 5.75 Å². The lowest BCUT2D eigenvalue weighted by atomic mass is 10.1. The summed E-state index contributed by atoms with van der Waals surface area (Å²) in [6.45, 7) is 1.53. The third-order valence-corrected chi connectivity index (χ3v) is 3.12. The van der Waals surface area contributed by atoms with Gasteiger partial charge >= 0.3 is 6.03 Å². The van der Waals surface area contributed by atoms with E-state index in [1.54, 1.807) is 12.1 Å². The summed E-state index contributed by atoms with van der Waals surface area (Å²) in [6.07, 6.45) is 0.0408. The van der Waals surface area contributed by atoms with Gasteiger partial charge in [-0.2, -0.15) is 0 Å². The minimum atomic E-state index is -0.908. The number of hydrogen-bond donors (Lipinski definition) is 3. The molecule has 102 valence electrons. The van der Waals surface area contributed by atoms with Crippen molar-refractivity contribution in [3.8, 4) is 5.75 Å². The molecule has 1 aromatic rings. The quantitative estimate of drug-likeness (QED) is 0.745. The van der Waals surface area contributed by atoms with Crippen molar-refractivity contribution >= 4 is 11.9 Å². The second kappa shape index (κ2) is 5.27. The summed E-state index contributed by atoms with van der Waals surface area (Å²) >= 11 is 0. The molecule has 2 unspecified atom stereocenters. The highest BCUT2D eigenvalue weighted by Gasteiger charge is 2.25. The van der Waals surface area contributed by atoms with Gasteiger partial charge in [-0.15, -0.1) is 0 Å². The van der Waals surface area contributed by atoms with E-state index in [0.29, 0.717) is 18.6 Å². The van der Waals surface area contributed by atoms with E-state index in [2.05, 4.69) is 0 Å². The maximum absolute atomic E-state index is 11.5. The largest absolute Gasteiger partial charge is 0.481 e. The first-order chi connectivity index (χ1) is 8.99. The number of carbonyl (C=O) groups excluding carboxylic acids is 2. The van der Waals surface area contributed by atoms with Crippen molar-refractivity contribution in [2.45, 2.75) is 32.0 Å². The van der Waals surface area contributed by atoms with Crippen LogP contribution in [0.4, 0.5) is 4.79 Å². The van der Waals surface area contributed by atoms with Crippen molar-refractivity contribution in [1.82, 2.24) is 5.32 Å². The number of amides is 3. The Morgan fingerprint density at radius 3 is 2.95 bits per heavy atom. The van der Waals surface area contributed by atoms with Crippen LogP contribution in [0.15, 0.2) is 18.2 Å². The van der Waals surface area contributed by atoms with Crippen LogP contribution in [-0.2, 0) is 11.2 Å². The van der Waals surface area contributed by atoms with E-state index in [-0.39, 0.29) is 0 Å². The van der Waals surface area contributed by atoms with Gasteiger partial charge in [-0.25, -0.2) is 4.79 Å². The SMILES string of the molecule is CC(Oc1cccc2c1CCC2O)C(=O)NC(N)=O. The van der Waals surface area contributed by atoms with Gasteiger partial charge < -0.3 is 15.6 Å². The number of primary amides is 1. The van der Waals surface area contributed by atoms with E-state index in [9.17, 15) is 14.7 Å². The number of nitrogens with two attached hydrogens (primary N) is 1. The lowest BCUT2D eigenvalue weighted by Crippen LogP contribution is -2.42. The molecule has 1 aliphatic rings. The van der Waals surface area contributed by atoms with E-state index in [1.165, 1.54) is 6.92 Å². The fourth-order valence-corrected chi connectivity index (χ4v) is 2.18. The number of urea groups is 1. The van der Waals surface area contributed by atoms with E-state index >= 15 is 0 Å². The summed E-state index contributed by atoms with van der Waals surface area (Å²) in [4.78, 5) is 22.1. The second-order valence-corrected chi connectivity index (χ2v) is 4.49. The highest BCUT2D eigenvalue weighted by atomic mass is 16.5. The van der Waals surface area contributed by atoms with Crippen molar-refractivity contribution < 1.29 is 19.4 Å². The van der Waals surface area contributed by atoms with Crippen LogP contribution in [0.2, 0.25) is 0 Å². The van der Waals surface area contributed by atoms with Gasteiger partial charge in [0, 0.05) is 5.56 Å². The van der Waals surface area contributed by atoms with Gasteiger partial charge in [-0.1, -0.05) is 12.1 Å². The second-order valence-electron chi connectivity index (χ2n) is 4.49. The molecule has 0 heterocycles. The Hall–Kier alpha value is -2.08. The molecule has 2 rings (SSSR count). The number of aliphatic hydroxyl groups excluding tert-OH is 1. The Bertz CT molecular complexity index is 515. The summed E-state index contributed by atoms with van der Waals surface area (Å²) < 4.78 is 5.54. The summed E-state index contributed by atoms with van der Waals surface area (Å²) in [5, 5.41) is 11.7. The molecular formula is C13H16N2O4. The van der Waals surface area contributed by atoms with E-state index in [4.69, 9.17) is 10.5 Å². The Morgan fingerprint density at radius 1 is 1.53 bits per heavy atom. The summed E-state index contributed by atoms with van der Waals surface area (Å²) in [5.74, 6) is -0.0372. The van der Waals surface area contributed by atoms with Crippen molar-refractivity contribution in [2.24, 2.45) is 5.73 Å². The van der Waals surface area contributed by atoms with Crippen LogP contribution < -0.4 is 15.8 Å². The van der Waals surface area contributed by atoms with Gasteiger partial charge in [-0.05, 0) is 31.4 Å². The van der Waals surface area contributed by atoms with Gasteiger partial charge in [-0.3, -0.25) is 10.1 Å². The van der Waals surface area contributed by atoms with Crippen molar-refractivity contribution in [3.63, 3.8) is 0 Å². The van der Waals surface area contributed by atoms with Gasteiger partial charge in [0.25, 0.3) is 5.91 Å². The maximum Gasteiger partial charge on any atom is 0.318 e. The molecule has 0 aromatic heterocycles. The average Bonchev–Trinajstić information content (AvgIpc) is 2.71. The number of rotatable bonds is 3. The van der Waals surface area contributed by atoms with Gasteiger partial charge in [0.2, 0.25) is 0 Å². The number of fused-ring (bicyclic) bond motifs is 1. The molecule has 0 spiro atoms. The first-order valence-electron chi connectivity index (χ1n) is 6.06. The minimum absolute atomic E-state index is 0.478. The standard InChI is InChI=1S/C13H16N2O4/c1-7(12(17)15-13(14)18)19-11-4-2-3-8-9(11)5-6-10(8)16/h2-4,7,10,16H,5-6H2,1H3,(H3,14,15,17,18). The number of imide groups is 1. The molecule has 2 atom stereocenters. The monoisotopic (exact) mass is 264 g/mol. The van der Waals surface area contributed by atoms with Crippen LogP contribution in [-0.4, -0.2) is 23.1 Å². The summed E-state index contributed by atoms with van der Waals surface area (Å²) in [6, 6.07) is 4.44. The van der Waals surface area contributed by atoms with Gasteiger partial charge in [0.15, 0.2) is 6.10 Å². The molecule has 3 amide bonds. The molecule has 0 saturated carbocycles. The predicted octanol–water partition coefficient (Wildman–Crippen LogP) is 0.628. The summed E-state index contributed by atoms with van der Waals surface area (Å²) in [7, 11) is 0. The first-order valence-corrected chi connectivity index (χ1v) is 6.06. The molecule has 6 heteroatoms. The Kier molecular flexibility index (Phi) is 3.71. The molecule has 6 nitrogen and oxygen atoms in total. The predicted molar refractivity (Wildman–Crippen MR) is 67.5 cm³/mol. The number of ether oxygens (including phenoxy) is 1. The van der Waals surface area contributed by atoms with Crippen molar-refractivity contribution in [2.75, 3.05) is 0 Å². The Balaban J connectivity index is 2.12. The van der Waals surface area contributed by atoms with Gasteiger partial charge in [0.05, 0.1) is 6.10 Å². The zero-order chi connectivity index (χ0) is 14.0. The molecule has 19 heavy (non-hydrogen) atoms. The molecule has 0 fully saturated rings. The third-order valence-electron chi connectivity index (χ3n) is 3.12. The van der Waals surface area contributed by atoms with Gasteiger partial charge in [0.1, 0.15) is 5.75 Å². The summed E-state index contributed by atoms with van der Waals surface area (Å²) in [5.41, 5.74) is 6.62. The van der Waals surface area contributed by atoms with Crippen LogP contribution >= 0.6 is 0 Å². The zero-order valence-corrected chi connectivity index (χ0v) is 10.6. The zero-order valence-electron chi connectivity index (χ0n) is 10.6. The first kappa shape index (κ1) is 13.4. The molecule has 1 aliphatic carbocycles. The highest BCUT2D eigenvalue weighted by molar-refractivity contribution is 5.95. The number of carbonyl (C=O) groups is 2. The Labute approximate surface area is 110 Å². The van der Waals surface area contributed by atoms with E-state index in [1.807, 2.05) is 11.4 Å². The minimum Gasteiger partial charge on any atom is -0.481 e. The number of hydrogen-bond acceptors (Lipinski definition) is 4. The van der Waals surface area contributed by atoms with Crippen LogP contribution in [0.3, 0.4) is 0 Å².